The molecule has 1 heterocycles. The van der Waals surface area contributed by atoms with Crippen molar-refractivity contribution in [1.82, 2.24) is 4.90 Å². The van der Waals surface area contributed by atoms with Gasteiger partial charge in [-0.25, -0.2) is 0 Å². The van der Waals surface area contributed by atoms with Crippen LogP contribution in [0.4, 0.5) is 0 Å². The van der Waals surface area contributed by atoms with Gasteiger partial charge in [0, 0.05) is 12.6 Å². The molecule has 0 bridgehead atoms. The highest BCUT2D eigenvalue weighted by Gasteiger charge is 2.34. The Balaban J connectivity index is 2.08. The average Bonchev–Trinajstić information content (AvgIpc) is 2.27. The monoisotopic (exact) mass is 197 g/mol. The second kappa shape index (κ2) is 4.07. The van der Waals surface area contributed by atoms with Crippen molar-refractivity contribution in [1.29, 1.82) is 0 Å². The Kier molecular flexibility index (Phi) is 2.79. The Bertz CT molecular complexity index is 227. The van der Waals surface area contributed by atoms with Crippen LogP contribution >= 0.6 is 0 Å². The molecule has 0 aromatic carbocycles. The molecule has 4 nitrogen and oxygen atoms in total. The molecular formula is C10H19N3O. The number of rotatable bonds is 0. The normalized spacial score (nSPS) is 34.0. The lowest BCUT2D eigenvalue weighted by molar-refractivity contribution is 0.114. The summed E-state index contributed by atoms with van der Waals surface area (Å²) in [6.07, 6.45) is 7.67. The van der Waals surface area contributed by atoms with Gasteiger partial charge < -0.3 is 15.8 Å². The fourth-order valence-electron chi connectivity index (χ4n) is 2.97. The average molecular weight is 197 g/mol. The maximum absolute atomic E-state index is 8.70. The van der Waals surface area contributed by atoms with E-state index in [1.54, 1.807) is 0 Å². The van der Waals surface area contributed by atoms with Crippen molar-refractivity contribution in [3.05, 3.63) is 0 Å². The Hall–Kier alpha value is -0.930. The van der Waals surface area contributed by atoms with E-state index in [0.29, 0.717) is 12.0 Å². The van der Waals surface area contributed by atoms with E-state index in [1.807, 2.05) is 0 Å². The van der Waals surface area contributed by atoms with Gasteiger partial charge in [-0.3, -0.25) is 0 Å². The van der Waals surface area contributed by atoms with Crippen LogP contribution in [0.2, 0.25) is 0 Å². The molecule has 14 heavy (non-hydrogen) atoms. The number of fused-ring (bicyclic) bond motifs is 1. The predicted octanol–water partition coefficient (Wildman–Crippen LogP) is 1.34. The summed E-state index contributed by atoms with van der Waals surface area (Å²) in [5.41, 5.74) is 5.68. The highest BCUT2D eigenvalue weighted by atomic mass is 16.4. The van der Waals surface area contributed by atoms with Gasteiger partial charge in [-0.05, 0) is 31.6 Å². The van der Waals surface area contributed by atoms with Gasteiger partial charge >= 0.3 is 0 Å². The minimum Gasteiger partial charge on any atom is -0.408 e. The fourth-order valence-corrected chi connectivity index (χ4v) is 2.97. The predicted molar refractivity (Wildman–Crippen MR) is 55.1 cm³/mol. The first-order valence-electron chi connectivity index (χ1n) is 5.57. The second-order valence-electron chi connectivity index (χ2n) is 4.41. The number of likely N-dealkylation sites (tertiary alicyclic amines) is 1. The summed E-state index contributed by atoms with van der Waals surface area (Å²) in [5.74, 6) is 1.08. The summed E-state index contributed by atoms with van der Waals surface area (Å²) in [6.45, 7) is 0.955. The first-order valence-corrected chi connectivity index (χ1v) is 5.57. The zero-order chi connectivity index (χ0) is 9.97. The van der Waals surface area contributed by atoms with Crippen LogP contribution in [0.1, 0.15) is 38.5 Å². The van der Waals surface area contributed by atoms with E-state index in [0.717, 1.165) is 12.5 Å². The molecule has 2 atom stereocenters. The molecule has 2 rings (SSSR count). The third-order valence-corrected chi connectivity index (χ3v) is 3.64. The quantitative estimate of drug-likeness (QED) is 0.267. The van der Waals surface area contributed by atoms with Gasteiger partial charge in [0.1, 0.15) is 0 Å². The summed E-state index contributed by atoms with van der Waals surface area (Å²) in [6, 6.07) is 0.536. The van der Waals surface area contributed by atoms with Crippen LogP contribution in [0.5, 0.6) is 0 Å². The van der Waals surface area contributed by atoms with Gasteiger partial charge in [-0.1, -0.05) is 18.0 Å². The van der Waals surface area contributed by atoms with Crippen LogP contribution in [0.15, 0.2) is 5.16 Å². The van der Waals surface area contributed by atoms with Crippen molar-refractivity contribution in [2.75, 3.05) is 6.54 Å². The van der Waals surface area contributed by atoms with Crippen molar-refractivity contribution in [2.45, 2.75) is 44.6 Å². The van der Waals surface area contributed by atoms with Crippen molar-refractivity contribution < 1.29 is 5.21 Å². The summed E-state index contributed by atoms with van der Waals surface area (Å²) < 4.78 is 0. The lowest BCUT2D eigenvalue weighted by Crippen LogP contribution is -2.52. The summed E-state index contributed by atoms with van der Waals surface area (Å²) in [7, 11) is 0. The molecule has 4 heteroatoms. The zero-order valence-electron chi connectivity index (χ0n) is 8.52. The molecule has 1 saturated heterocycles. The number of nitrogens with zero attached hydrogens (tertiary/aromatic N) is 2. The molecule has 1 aliphatic heterocycles. The Morgan fingerprint density at radius 3 is 2.71 bits per heavy atom. The molecule has 1 aliphatic carbocycles. The SMILES string of the molecule is N/C(=N\O)N1CCCC2CCCCC21. The molecule has 0 aromatic heterocycles. The van der Waals surface area contributed by atoms with Gasteiger partial charge in [0.25, 0.3) is 0 Å². The van der Waals surface area contributed by atoms with E-state index in [4.69, 9.17) is 10.9 Å². The van der Waals surface area contributed by atoms with Crippen LogP contribution in [-0.2, 0) is 0 Å². The molecule has 1 saturated carbocycles. The maximum Gasteiger partial charge on any atom is 0.233 e. The number of hydrogen-bond acceptors (Lipinski definition) is 2. The van der Waals surface area contributed by atoms with E-state index in [9.17, 15) is 0 Å². The number of guanidine groups is 1. The molecule has 0 aromatic rings. The highest BCUT2D eigenvalue weighted by Crippen LogP contribution is 2.34. The zero-order valence-corrected chi connectivity index (χ0v) is 8.52. The minimum atomic E-state index is 0.307. The van der Waals surface area contributed by atoms with Gasteiger partial charge in [-0.2, -0.15) is 0 Å². The molecule has 0 radical (unpaired) electrons. The lowest BCUT2D eigenvalue weighted by Gasteiger charge is -2.44. The summed E-state index contributed by atoms with van der Waals surface area (Å²) in [5, 5.41) is 11.8. The van der Waals surface area contributed by atoms with Crippen LogP contribution in [0.3, 0.4) is 0 Å². The van der Waals surface area contributed by atoms with Crippen molar-refractivity contribution in [2.24, 2.45) is 16.8 Å². The van der Waals surface area contributed by atoms with E-state index in [-0.39, 0.29) is 0 Å². The third-order valence-electron chi connectivity index (χ3n) is 3.64. The fraction of sp³-hybridized carbons (Fsp3) is 0.900. The summed E-state index contributed by atoms with van der Waals surface area (Å²) in [4.78, 5) is 2.09. The number of piperidine rings is 1. The third kappa shape index (κ3) is 1.65. The van der Waals surface area contributed by atoms with Crippen LogP contribution in [-0.4, -0.2) is 28.7 Å². The Morgan fingerprint density at radius 1 is 1.21 bits per heavy atom. The smallest absolute Gasteiger partial charge is 0.233 e. The van der Waals surface area contributed by atoms with Crippen LogP contribution < -0.4 is 5.73 Å². The highest BCUT2D eigenvalue weighted by molar-refractivity contribution is 5.77. The minimum absolute atomic E-state index is 0.307. The van der Waals surface area contributed by atoms with Crippen molar-refractivity contribution in [3.8, 4) is 0 Å². The first kappa shape index (κ1) is 9.62. The molecule has 0 spiro atoms. The van der Waals surface area contributed by atoms with E-state index in [2.05, 4.69) is 10.1 Å². The molecule has 0 amide bonds. The first-order chi connectivity index (χ1) is 6.83. The van der Waals surface area contributed by atoms with Gasteiger partial charge in [0.05, 0.1) is 0 Å². The maximum atomic E-state index is 8.70. The Labute approximate surface area is 84.8 Å². The molecule has 2 unspecified atom stereocenters. The topological polar surface area (TPSA) is 61.9 Å². The molecular weight excluding hydrogens is 178 g/mol. The second-order valence-corrected chi connectivity index (χ2v) is 4.41. The largest absolute Gasteiger partial charge is 0.408 e. The van der Waals surface area contributed by atoms with Crippen molar-refractivity contribution >= 4 is 5.96 Å². The van der Waals surface area contributed by atoms with E-state index in [1.165, 1.54) is 38.5 Å². The number of nitrogens with two attached hydrogens (primary N) is 1. The van der Waals surface area contributed by atoms with Crippen molar-refractivity contribution in [3.63, 3.8) is 0 Å². The van der Waals surface area contributed by atoms with E-state index < -0.39 is 0 Å². The number of oxime groups is 1. The number of hydrogen-bond donors (Lipinski definition) is 2. The standard InChI is InChI=1S/C10H19N3O/c11-10(12-14)13-7-3-5-8-4-1-2-6-9(8)13/h8-9,14H,1-7H2,(H2,11,12). The van der Waals surface area contributed by atoms with E-state index >= 15 is 0 Å². The molecule has 3 N–H and O–H groups in total. The van der Waals surface area contributed by atoms with Crippen LogP contribution in [0.25, 0.3) is 0 Å². The molecule has 2 fully saturated rings. The van der Waals surface area contributed by atoms with Gasteiger partial charge in [0.2, 0.25) is 5.96 Å². The Morgan fingerprint density at radius 2 is 1.93 bits per heavy atom. The van der Waals surface area contributed by atoms with Crippen LogP contribution in [0, 0.1) is 5.92 Å². The molecule has 80 valence electrons. The lowest BCUT2D eigenvalue weighted by atomic mass is 9.78. The van der Waals surface area contributed by atoms with Gasteiger partial charge in [-0.15, -0.1) is 0 Å². The summed E-state index contributed by atoms with van der Waals surface area (Å²) >= 11 is 0. The van der Waals surface area contributed by atoms with Gasteiger partial charge in [0.15, 0.2) is 0 Å². The molecule has 2 aliphatic rings.